The molecule has 0 spiro atoms. The normalized spacial score (nSPS) is 13.6. The SMILES string of the molecule is c1ccc([Si](c2ccccc2)(c2ccccc2)c2ccc3c4ccccc4n(-c4ccc5c(c4)[Si](c4ccccc4)(c4ccccc4)c4cccc6c4N5c4ccccc4[Si]6(c4cccc(-n5c6ccccc6c6ccccc65)c4)c4cccc(-n5c6ccccc6c6ccccc65)c4)c3c2)cc1. The molecular formula is C96H66N4Si3. The van der Waals surface area contributed by atoms with Crippen molar-refractivity contribution in [3.05, 3.63) is 400 Å². The van der Waals surface area contributed by atoms with Gasteiger partial charge in [0.2, 0.25) is 0 Å². The number of para-hydroxylation sites is 7. The third-order valence-corrected chi connectivity index (χ3v) is 37.3. The summed E-state index contributed by atoms with van der Waals surface area (Å²) in [5.74, 6) is 0. The molecule has 0 saturated carbocycles. The van der Waals surface area contributed by atoms with Gasteiger partial charge in [-0.3, -0.25) is 0 Å². The molecule has 5 heterocycles. The first kappa shape index (κ1) is 59.3. The molecule has 0 saturated heterocycles. The highest BCUT2D eigenvalue weighted by molar-refractivity contribution is 7.25. The molecule has 0 N–H and O–H groups in total. The van der Waals surface area contributed by atoms with E-state index in [4.69, 9.17) is 0 Å². The topological polar surface area (TPSA) is 18.0 Å². The second-order valence-electron chi connectivity index (χ2n) is 27.8. The van der Waals surface area contributed by atoms with Gasteiger partial charge in [-0.1, -0.05) is 315 Å². The average molecular weight is 1360 g/mol. The molecule has 0 fully saturated rings. The van der Waals surface area contributed by atoms with Gasteiger partial charge in [0, 0.05) is 66.4 Å². The summed E-state index contributed by atoms with van der Waals surface area (Å²) in [6, 6.07) is 154. The first-order chi connectivity index (χ1) is 51.1. The van der Waals surface area contributed by atoms with Crippen molar-refractivity contribution in [1.82, 2.24) is 13.7 Å². The molecule has 0 atom stereocenters. The van der Waals surface area contributed by atoms with Crippen LogP contribution in [0.2, 0.25) is 0 Å². The van der Waals surface area contributed by atoms with E-state index in [1.807, 2.05) is 0 Å². The molecule has 16 aromatic carbocycles. The van der Waals surface area contributed by atoms with E-state index < -0.39 is 24.2 Å². The third kappa shape index (κ3) is 8.38. The zero-order chi connectivity index (χ0) is 67.8. The summed E-state index contributed by atoms with van der Waals surface area (Å²) in [6.45, 7) is 0. The van der Waals surface area contributed by atoms with Crippen LogP contribution in [0.3, 0.4) is 0 Å². The van der Waals surface area contributed by atoms with Crippen LogP contribution in [0.5, 0.6) is 0 Å². The maximum Gasteiger partial charge on any atom is 0.184 e. The van der Waals surface area contributed by atoms with Gasteiger partial charge in [-0.15, -0.1) is 0 Å². The van der Waals surface area contributed by atoms with Crippen LogP contribution in [0.15, 0.2) is 400 Å². The monoisotopic (exact) mass is 1360 g/mol. The number of fused-ring (bicyclic) bond motifs is 13. The highest BCUT2D eigenvalue weighted by Crippen LogP contribution is 2.44. The van der Waals surface area contributed by atoms with Gasteiger partial charge in [-0.25, -0.2) is 0 Å². The van der Waals surface area contributed by atoms with Crippen LogP contribution >= 0.6 is 0 Å². The van der Waals surface area contributed by atoms with Gasteiger partial charge in [0.15, 0.2) is 24.2 Å². The van der Waals surface area contributed by atoms with Gasteiger partial charge >= 0.3 is 0 Å². The van der Waals surface area contributed by atoms with E-state index in [1.54, 1.807) is 0 Å². The molecule has 0 radical (unpaired) electrons. The Morgan fingerprint density at radius 1 is 0.194 bits per heavy atom. The fourth-order valence-electron chi connectivity index (χ4n) is 18.9. The van der Waals surface area contributed by atoms with Gasteiger partial charge in [-0.2, -0.15) is 0 Å². The number of nitrogens with zero attached hydrogens (tertiary/aromatic N) is 4. The van der Waals surface area contributed by atoms with Crippen molar-refractivity contribution in [2.75, 3.05) is 4.90 Å². The van der Waals surface area contributed by atoms with Crippen LogP contribution < -0.4 is 67.1 Å². The minimum absolute atomic E-state index is 1.13. The quantitative estimate of drug-likeness (QED) is 0.0932. The van der Waals surface area contributed by atoms with E-state index in [0.29, 0.717) is 0 Å². The smallest absolute Gasteiger partial charge is 0.184 e. The number of hydrogen-bond acceptors (Lipinski definition) is 1. The minimum atomic E-state index is -3.53. The Morgan fingerprint density at radius 3 is 0.981 bits per heavy atom. The second-order valence-corrected chi connectivity index (χ2v) is 39.0. The maximum absolute atomic E-state index is 3.53. The van der Waals surface area contributed by atoms with Gasteiger partial charge in [0.05, 0.1) is 33.1 Å². The van der Waals surface area contributed by atoms with Crippen molar-refractivity contribution in [1.29, 1.82) is 0 Å². The highest BCUT2D eigenvalue weighted by Gasteiger charge is 2.56. The number of benzene rings is 16. The molecule has 4 nitrogen and oxygen atoms in total. The standard InChI is InChI=1S/C96H66N4Si3/c1-6-33-70(34-7-1)101(71-35-8-2-9-36-71,72-37-10-3-11-38-72)77-60-61-83-82-49-20-25-54-88(82)99(91(83)66-77)69-59-62-90-95(65-69)102(73-39-12-4-13-40-73,74-41-14-5-15-42-74)93-57-30-58-94-96(93)100(90)89-55-26-27-56-92(89)103(94,75-43-28-31-67(63-75)97-84-50-21-16-45-78(84)79-46-17-22-51-85(79)97)76-44-29-32-68(64-76)98-86-52-23-18-47-80(86)81-48-19-24-53-87(81)98/h1-66H. The number of rotatable bonds is 11. The van der Waals surface area contributed by atoms with Crippen LogP contribution in [0.4, 0.5) is 17.1 Å². The fraction of sp³-hybridized carbons (Fsp3) is 0. The molecule has 21 rings (SSSR count). The Bertz CT molecular complexity index is 6180. The van der Waals surface area contributed by atoms with Crippen LogP contribution in [0, 0.1) is 0 Å². The lowest BCUT2D eigenvalue weighted by molar-refractivity contribution is 1.18. The van der Waals surface area contributed by atoms with Crippen molar-refractivity contribution < 1.29 is 0 Å². The molecule has 3 aromatic heterocycles. The first-order valence-corrected chi connectivity index (χ1v) is 41.8. The van der Waals surface area contributed by atoms with E-state index in [2.05, 4.69) is 419 Å². The molecule has 0 amide bonds. The molecule has 0 bridgehead atoms. The van der Waals surface area contributed by atoms with E-state index in [9.17, 15) is 0 Å². The molecule has 482 valence electrons. The summed E-state index contributed by atoms with van der Waals surface area (Å²) in [4.78, 5) is 2.72. The minimum Gasteiger partial charge on any atom is -0.311 e. The maximum atomic E-state index is 2.72. The average Bonchev–Trinajstić information content (AvgIpc) is 0.722. The highest BCUT2D eigenvalue weighted by atomic mass is 28.3. The summed E-state index contributed by atoms with van der Waals surface area (Å²) in [5.41, 5.74) is 14.3. The van der Waals surface area contributed by atoms with Crippen LogP contribution in [0.1, 0.15) is 0 Å². The Balaban J connectivity index is 0.867. The van der Waals surface area contributed by atoms with Crippen molar-refractivity contribution in [3.63, 3.8) is 0 Å². The Morgan fingerprint density at radius 2 is 0.524 bits per heavy atom. The predicted octanol–water partition coefficient (Wildman–Crippen LogP) is 15.2. The van der Waals surface area contributed by atoms with Crippen LogP contribution in [0.25, 0.3) is 82.5 Å². The van der Waals surface area contributed by atoms with E-state index >= 15 is 0 Å². The molecule has 2 aliphatic heterocycles. The molecule has 7 heteroatoms. The molecule has 2 aliphatic rings. The van der Waals surface area contributed by atoms with Gasteiger partial charge in [-0.05, 0) is 147 Å². The molecule has 0 aliphatic carbocycles. The first-order valence-electron chi connectivity index (χ1n) is 35.8. The van der Waals surface area contributed by atoms with E-state index in [0.717, 1.165) is 17.1 Å². The van der Waals surface area contributed by atoms with Gasteiger partial charge < -0.3 is 18.6 Å². The van der Waals surface area contributed by atoms with Crippen molar-refractivity contribution in [2.45, 2.75) is 0 Å². The van der Waals surface area contributed by atoms with Crippen LogP contribution in [-0.2, 0) is 0 Å². The molecule has 103 heavy (non-hydrogen) atoms. The zero-order valence-electron chi connectivity index (χ0n) is 56.4. The second kappa shape index (κ2) is 23.2. The molecule has 19 aromatic rings. The fourth-order valence-corrected chi connectivity index (χ4v) is 34.0. The van der Waals surface area contributed by atoms with E-state index in [1.165, 1.54) is 145 Å². The lowest BCUT2D eigenvalue weighted by Gasteiger charge is -2.52. The lowest BCUT2D eigenvalue weighted by atomic mass is 10.1. The van der Waals surface area contributed by atoms with Crippen LogP contribution in [-0.4, -0.2) is 37.9 Å². The number of aromatic nitrogens is 3. The van der Waals surface area contributed by atoms with Crippen molar-refractivity contribution >= 4 is 169 Å². The summed E-state index contributed by atoms with van der Waals surface area (Å²) in [6.07, 6.45) is 0. The summed E-state index contributed by atoms with van der Waals surface area (Å²) >= 11 is 0. The Kier molecular flexibility index (Phi) is 13.4. The van der Waals surface area contributed by atoms with Gasteiger partial charge in [0.25, 0.3) is 0 Å². The zero-order valence-corrected chi connectivity index (χ0v) is 59.4. The third-order valence-electron chi connectivity index (χ3n) is 22.9. The lowest BCUT2D eigenvalue weighted by Crippen LogP contribution is -2.82. The summed E-state index contributed by atoms with van der Waals surface area (Å²) < 4.78 is 7.62. The van der Waals surface area contributed by atoms with Crippen molar-refractivity contribution in [3.8, 4) is 17.1 Å². The summed E-state index contributed by atoms with van der Waals surface area (Å²) in [7, 11) is -9.93. The molecular weight excluding hydrogens is 1290 g/mol. The van der Waals surface area contributed by atoms with Gasteiger partial charge in [0.1, 0.15) is 0 Å². The van der Waals surface area contributed by atoms with Crippen molar-refractivity contribution in [2.24, 2.45) is 0 Å². The predicted molar refractivity (Wildman–Crippen MR) is 442 cm³/mol. The number of anilines is 3. The number of hydrogen-bond donors (Lipinski definition) is 0. The summed E-state index contributed by atoms with van der Waals surface area (Å²) in [5, 5.41) is 23.6. The Hall–Kier alpha value is -12.6. The molecule has 0 unspecified atom stereocenters. The van der Waals surface area contributed by atoms with E-state index in [-0.39, 0.29) is 0 Å². The largest absolute Gasteiger partial charge is 0.311 e. The Labute approximate surface area is 600 Å².